The summed E-state index contributed by atoms with van der Waals surface area (Å²) in [4.78, 5) is 2.18. The Hall–Kier alpha value is -1.26. The maximum atomic E-state index is 9.67. The van der Waals surface area contributed by atoms with Gasteiger partial charge in [0.1, 0.15) is 0 Å². The first-order valence-electron chi connectivity index (χ1n) is 6.27. The van der Waals surface area contributed by atoms with E-state index in [-0.39, 0.29) is 5.75 Å². The first-order chi connectivity index (χ1) is 8.52. The van der Waals surface area contributed by atoms with Gasteiger partial charge in [0.15, 0.2) is 11.5 Å². The van der Waals surface area contributed by atoms with Gasteiger partial charge in [-0.05, 0) is 51.7 Å². The minimum absolute atomic E-state index is 0.192. The van der Waals surface area contributed by atoms with E-state index in [9.17, 15) is 5.11 Å². The van der Waals surface area contributed by atoms with Gasteiger partial charge in [0.2, 0.25) is 0 Å². The summed E-state index contributed by atoms with van der Waals surface area (Å²) in [5, 5.41) is 13.1. The SMILES string of the molecule is COc1ccc(CNC(C)CCN(C)C)cc1O. The van der Waals surface area contributed by atoms with Crippen LogP contribution in [0.2, 0.25) is 0 Å². The van der Waals surface area contributed by atoms with Gasteiger partial charge in [-0.2, -0.15) is 0 Å². The molecule has 0 fully saturated rings. The molecule has 1 aromatic carbocycles. The molecule has 1 atom stereocenters. The Morgan fingerprint density at radius 2 is 2.11 bits per heavy atom. The number of methoxy groups -OCH3 is 1. The van der Waals surface area contributed by atoms with Gasteiger partial charge in [-0.1, -0.05) is 6.07 Å². The maximum absolute atomic E-state index is 9.67. The van der Waals surface area contributed by atoms with Crippen LogP contribution >= 0.6 is 0 Å². The number of hydrogen-bond acceptors (Lipinski definition) is 4. The molecule has 0 heterocycles. The fourth-order valence-corrected chi connectivity index (χ4v) is 1.69. The lowest BCUT2D eigenvalue weighted by Gasteiger charge is -2.17. The standard InChI is InChI=1S/C14H24N2O2/c1-11(7-8-16(2)3)15-10-12-5-6-14(18-4)13(17)9-12/h5-6,9,11,15,17H,7-8,10H2,1-4H3. The molecule has 0 saturated carbocycles. The second kappa shape index (κ2) is 7.24. The Labute approximate surface area is 110 Å². The molecule has 102 valence electrons. The second-order valence-corrected chi connectivity index (χ2v) is 4.88. The molecule has 0 aliphatic rings. The number of rotatable bonds is 7. The van der Waals surface area contributed by atoms with Gasteiger partial charge in [0.25, 0.3) is 0 Å². The summed E-state index contributed by atoms with van der Waals surface area (Å²) in [5.74, 6) is 0.706. The number of phenols is 1. The summed E-state index contributed by atoms with van der Waals surface area (Å²) in [6, 6.07) is 5.95. The number of ether oxygens (including phenoxy) is 1. The molecule has 18 heavy (non-hydrogen) atoms. The van der Waals surface area contributed by atoms with Crippen LogP contribution < -0.4 is 10.1 Å². The second-order valence-electron chi connectivity index (χ2n) is 4.88. The lowest BCUT2D eigenvalue weighted by molar-refractivity contribution is 0.364. The fourth-order valence-electron chi connectivity index (χ4n) is 1.69. The Kier molecular flexibility index (Phi) is 5.95. The van der Waals surface area contributed by atoms with Crippen LogP contribution in [0.15, 0.2) is 18.2 Å². The van der Waals surface area contributed by atoms with Crippen molar-refractivity contribution in [2.24, 2.45) is 0 Å². The van der Waals surface area contributed by atoms with Gasteiger partial charge in [-0.25, -0.2) is 0 Å². The summed E-state index contributed by atoms with van der Waals surface area (Å²) in [5.41, 5.74) is 1.06. The van der Waals surface area contributed by atoms with Crippen LogP contribution in [0.25, 0.3) is 0 Å². The van der Waals surface area contributed by atoms with E-state index in [1.54, 1.807) is 19.2 Å². The molecule has 0 aliphatic heterocycles. The molecule has 0 bridgehead atoms. The Morgan fingerprint density at radius 1 is 1.39 bits per heavy atom. The van der Waals surface area contributed by atoms with Gasteiger partial charge >= 0.3 is 0 Å². The third kappa shape index (κ3) is 4.94. The average Bonchev–Trinajstić information content (AvgIpc) is 2.34. The van der Waals surface area contributed by atoms with E-state index in [2.05, 4.69) is 31.2 Å². The molecule has 0 aromatic heterocycles. The average molecular weight is 252 g/mol. The highest BCUT2D eigenvalue weighted by atomic mass is 16.5. The third-order valence-electron chi connectivity index (χ3n) is 2.91. The van der Waals surface area contributed by atoms with Crippen molar-refractivity contribution in [1.29, 1.82) is 0 Å². The Balaban J connectivity index is 2.41. The summed E-state index contributed by atoms with van der Waals surface area (Å²) in [6.45, 7) is 4.00. The van der Waals surface area contributed by atoms with E-state index in [1.807, 2.05) is 6.07 Å². The van der Waals surface area contributed by atoms with E-state index < -0.39 is 0 Å². The topological polar surface area (TPSA) is 44.7 Å². The highest BCUT2D eigenvalue weighted by molar-refractivity contribution is 5.41. The summed E-state index contributed by atoms with van der Waals surface area (Å²) >= 11 is 0. The molecule has 4 heteroatoms. The van der Waals surface area contributed by atoms with Gasteiger partial charge in [-0.3, -0.25) is 0 Å². The predicted molar refractivity (Wildman–Crippen MR) is 74.1 cm³/mol. The van der Waals surface area contributed by atoms with Gasteiger partial charge < -0.3 is 20.1 Å². The number of nitrogens with one attached hydrogen (secondary N) is 1. The van der Waals surface area contributed by atoms with E-state index >= 15 is 0 Å². The van der Waals surface area contributed by atoms with Crippen LogP contribution in [0.4, 0.5) is 0 Å². The summed E-state index contributed by atoms with van der Waals surface area (Å²) in [6.07, 6.45) is 1.11. The molecule has 1 rings (SSSR count). The van der Waals surface area contributed by atoms with E-state index in [0.29, 0.717) is 11.8 Å². The quantitative estimate of drug-likeness (QED) is 0.777. The monoisotopic (exact) mass is 252 g/mol. The highest BCUT2D eigenvalue weighted by Gasteiger charge is 2.05. The lowest BCUT2D eigenvalue weighted by Crippen LogP contribution is -2.29. The Morgan fingerprint density at radius 3 is 2.67 bits per heavy atom. The summed E-state index contributed by atoms with van der Waals surface area (Å²) < 4.78 is 5.01. The number of phenolic OH excluding ortho intramolecular Hbond substituents is 1. The number of benzene rings is 1. The minimum atomic E-state index is 0.192. The molecule has 1 aromatic rings. The van der Waals surface area contributed by atoms with Gasteiger partial charge in [0.05, 0.1) is 7.11 Å². The largest absolute Gasteiger partial charge is 0.504 e. The molecule has 2 N–H and O–H groups in total. The number of nitrogens with zero attached hydrogens (tertiary/aromatic N) is 1. The van der Waals surface area contributed by atoms with Crippen LogP contribution in [-0.2, 0) is 6.54 Å². The normalized spacial score (nSPS) is 12.7. The van der Waals surface area contributed by atoms with Crippen LogP contribution in [0.5, 0.6) is 11.5 Å². The molecule has 0 radical (unpaired) electrons. The van der Waals surface area contributed by atoms with Crippen molar-refractivity contribution in [3.05, 3.63) is 23.8 Å². The van der Waals surface area contributed by atoms with E-state index in [0.717, 1.165) is 25.1 Å². The minimum Gasteiger partial charge on any atom is -0.504 e. The molecular formula is C14H24N2O2. The van der Waals surface area contributed by atoms with Crippen LogP contribution in [-0.4, -0.2) is 43.8 Å². The molecular weight excluding hydrogens is 228 g/mol. The molecule has 0 saturated heterocycles. The van der Waals surface area contributed by atoms with Crippen molar-refractivity contribution in [3.8, 4) is 11.5 Å². The van der Waals surface area contributed by atoms with Crippen molar-refractivity contribution in [3.63, 3.8) is 0 Å². The van der Waals surface area contributed by atoms with Crippen molar-refractivity contribution in [2.45, 2.75) is 25.9 Å². The van der Waals surface area contributed by atoms with Crippen LogP contribution in [0.3, 0.4) is 0 Å². The zero-order valence-electron chi connectivity index (χ0n) is 11.7. The highest BCUT2D eigenvalue weighted by Crippen LogP contribution is 2.26. The zero-order chi connectivity index (χ0) is 13.5. The van der Waals surface area contributed by atoms with Crippen LogP contribution in [0.1, 0.15) is 18.9 Å². The fraction of sp³-hybridized carbons (Fsp3) is 0.571. The first kappa shape index (κ1) is 14.8. The van der Waals surface area contributed by atoms with Gasteiger partial charge in [0, 0.05) is 12.6 Å². The molecule has 0 aliphatic carbocycles. The lowest BCUT2D eigenvalue weighted by atomic mass is 10.1. The number of hydrogen-bond donors (Lipinski definition) is 2. The van der Waals surface area contributed by atoms with Crippen molar-refractivity contribution >= 4 is 0 Å². The number of aromatic hydroxyl groups is 1. The predicted octanol–water partition coefficient (Wildman–Crippen LogP) is 1.83. The van der Waals surface area contributed by atoms with Crippen molar-refractivity contribution in [2.75, 3.05) is 27.7 Å². The zero-order valence-corrected chi connectivity index (χ0v) is 11.7. The first-order valence-corrected chi connectivity index (χ1v) is 6.27. The smallest absolute Gasteiger partial charge is 0.160 e. The van der Waals surface area contributed by atoms with Crippen molar-refractivity contribution in [1.82, 2.24) is 10.2 Å². The molecule has 0 spiro atoms. The maximum Gasteiger partial charge on any atom is 0.160 e. The third-order valence-corrected chi connectivity index (χ3v) is 2.91. The van der Waals surface area contributed by atoms with Crippen molar-refractivity contribution < 1.29 is 9.84 Å². The van der Waals surface area contributed by atoms with E-state index in [1.165, 1.54) is 0 Å². The Bertz CT molecular complexity index is 367. The molecule has 0 amide bonds. The van der Waals surface area contributed by atoms with E-state index in [4.69, 9.17) is 4.74 Å². The molecule has 1 unspecified atom stereocenters. The molecule has 4 nitrogen and oxygen atoms in total. The van der Waals surface area contributed by atoms with Crippen LogP contribution in [0, 0.1) is 0 Å². The van der Waals surface area contributed by atoms with Gasteiger partial charge in [-0.15, -0.1) is 0 Å². The summed E-state index contributed by atoms with van der Waals surface area (Å²) in [7, 11) is 5.71.